The number of ether oxygens (including phenoxy) is 1. The average molecular weight is 242 g/mol. The van der Waals surface area contributed by atoms with Crippen molar-refractivity contribution in [1.29, 1.82) is 0 Å². The Morgan fingerprint density at radius 2 is 1.88 bits per heavy atom. The van der Waals surface area contributed by atoms with Crippen molar-refractivity contribution in [3.63, 3.8) is 0 Å². The minimum absolute atomic E-state index is 0.0466. The highest BCUT2D eigenvalue weighted by Crippen LogP contribution is 2.09. The molecule has 0 atom stereocenters. The maximum absolute atomic E-state index is 11.4. The second-order valence-corrected chi connectivity index (χ2v) is 3.04. The van der Waals surface area contributed by atoms with E-state index in [1.54, 1.807) is 7.05 Å². The van der Waals surface area contributed by atoms with Gasteiger partial charge in [-0.2, -0.15) is 5.48 Å². The summed E-state index contributed by atoms with van der Waals surface area (Å²) in [5.41, 5.74) is 2.45. The van der Waals surface area contributed by atoms with Gasteiger partial charge in [0.15, 0.2) is 0 Å². The highest BCUT2D eigenvalue weighted by atomic mass is 16.7. The smallest absolute Gasteiger partial charge is 0.392 e. The number of esters is 1. The summed E-state index contributed by atoms with van der Waals surface area (Å²) >= 11 is 0. The van der Waals surface area contributed by atoms with Crippen LogP contribution in [0.3, 0.4) is 0 Å². The molecule has 17 heavy (non-hydrogen) atoms. The first-order valence-electron chi connectivity index (χ1n) is 4.95. The summed E-state index contributed by atoms with van der Waals surface area (Å²) in [5, 5.41) is 2.87. The first-order valence-corrected chi connectivity index (χ1v) is 4.95. The van der Waals surface area contributed by atoms with Crippen LogP contribution in [0.15, 0.2) is 16.5 Å². The third-order valence-corrected chi connectivity index (χ3v) is 1.84. The van der Waals surface area contributed by atoms with Crippen LogP contribution in [-0.2, 0) is 9.57 Å². The number of hydrogen-bond acceptors (Lipinski definition) is 7. The van der Waals surface area contributed by atoms with E-state index >= 15 is 0 Å². The van der Waals surface area contributed by atoms with Crippen LogP contribution in [-0.4, -0.2) is 39.2 Å². The van der Waals surface area contributed by atoms with E-state index in [0.717, 1.165) is 0 Å². The van der Waals surface area contributed by atoms with E-state index in [4.69, 9.17) is 4.42 Å². The van der Waals surface area contributed by atoms with Gasteiger partial charge in [-0.05, 0) is 19.2 Å². The van der Waals surface area contributed by atoms with Gasteiger partial charge < -0.3 is 19.3 Å². The maximum Gasteiger partial charge on any atom is 0.392 e. The molecule has 1 heterocycles. The molecule has 0 spiro atoms. The van der Waals surface area contributed by atoms with Crippen LogP contribution in [0.25, 0.3) is 0 Å². The normalized spacial score (nSPS) is 10.0. The van der Waals surface area contributed by atoms with Crippen molar-refractivity contribution in [1.82, 2.24) is 10.8 Å². The number of methoxy groups -OCH3 is 1. The largest absolute Gasteiger partial charge is 0.463 e. The predicted molar refractivity (Wildman–Crippen MR) is 57.4 cm³/mol. The Morgan fingerprint density at radius 1 is 1.24 bits per heavy atom. The number of carbonyl (C=O) groups excluding carboxylic acids is 2. The lowest BCUT2D eigenvalue weighted by Crippen LogP contribution is -2.27. The fourth-order valence-electron chi connectivity index (χ4n) is 1.00. The van der Waals surface area contributed by atoms with Crippen LogP contribution in [0.4, 0.5) is 0 Å². The molecule has 7 nitrogen and oxygen atoms in total. The van der Waals surface area contributed by atoms with E-state index in [-0.39, 0.29) is 11.5 Å². The standard InChI is InChI=1S/C10H14N2O5/c1-11-5-6-12-17-10(14)8-4-3-7(16-8)9(13)15-2/h3-4,11-12H,5-6H2,1-2H3. The van der Waals surface area contributed by atoms with E-state index < -0.39 is 11.9 Å². The molecule has 0 amide bonds. The molecule has 0 fully saturated rings. The number of likely N-dealkylation sites (N-methyl/N-ethyl adjacent to an activating group) is 1. The lowest BCUT2D eigenvalue weighted by molar-refractivity contribution is 0.0218. The number of nitrogens with one attached hydrogen (secondary N) is 2. The third-order valence-electron chi connectivity index (χ3n) is 1.84. The van der Waals surface area contributed by atoms with Gasteiger partial charge in [0.25, 0.3) is 0 Å². The van der Waals surface area contributed by atoms with Crippen molar-refractivity contribution in [3.8, 4) is 0 Å². The molecule has 0 saturated heterocycles. The number of furan rings is 1. The molecule has 0 aliphatic rings. The number of rotatable bonds is 6. The Labute approximate surface area is 98.0 Å². The first-order chi connectivity index (χ1) is 8.19. The van der Waals surface area contributed by atoms with Gasteiger partial charge in [-0.25, -0.2) is 9.59 Å². The molecule has 0 aromatic carbocycles. The molecule has 0 aliphatic heterocycles. The van der Waals surface area contributed by atoms with Crippen LogP contribution in [0.1, 0.15) is 21.1 Å². The molecule has 0 saturated carbocycles. The van der Waals surface area contributed by atoms with Crippen molar-refractivity contribution in [2.24, 2.45) is 0 Å². The Balaban J connectivity index is 2.46. The summed E-state index contributed by atoms with van der Waals surface area (Å²) in [6, 6.07) is 2.68. The first kappa shape index (κ1) is 13.2. The topological polar surface area (TPSA) is 89.8 Å². The minimum Gasteiger partial charge on any atom is -0.463 e. The summed E-state index contributed by atoms with van der Waals surface area (Å²) in [4.78, 5) is 27.1. The van der Waals surface area contributed by atoms with Crippen molar-refractivity contribution in [3.05, 3.63) is 23.7 Å². The highest BCUT2D eigenvalue weighted by Gasteiger charge is 2.17. The second kappa shape index (κ2) is 6.66. The van der Waals surface area contributed by atoms with Gasteiger partial charge in [0.2, 0.25) is 11.5 Å². The van der Waals surface area contributed by atoms with Gasteiger partial charge in [-0.3, -0.25) is 0 Å². The van der Waals surface area contributed by atoms with E-state index in [0.29, 0.717) is 13.1 Å². The number of hydrogen-bond donors (Lipinski definition) is 2. The highest BCUT2D eigenvalue weighted by molar-refractivity contribution is 5.90. The fourth-order valence-corrected chi connectivity index (χ4v) is 1.00. The zero-order valence-corrected chi connectivity index (χ0v) is 9.61. The van der Waals surface area contributed by atoms with Gasteiger partial charge >= 0.3 is 11.9 Å². The average Bonchev–Trinajstić information content (AvgIpc) is 2.83. The van der Waals surface area contributed by atoms with E-state index in [2.05, 4.69) is 20.4 Å². The van der Waals surface area contributed by atoms with Gasteiger partial charge in [-0.15, -0.1) is 0 Å². The molecule has 1 aromatic heterocycles. The SMILES string of the molecule is CNCCNOC(=O)c1ccc(C(=O)OC)o1. The molecule has 94 valence electrons. The number of hydroxylamine groups is 1. The van der Waals surface area contributed by atoms with Crippen LogP contribution >= 0.6 is 0 Å². The summed E-state index contributed by atoms with van der Waals surface area (Å²) in [5.74, 6) is -1.46. The third kappa shape index (κ3) is 3.89. The van der Waals surface area contributed by atoms with Gasteiger partial charge in [0, 0.05) is 13.1 Å². The Hall–Kier alpha value is -1.86. The van der Waals surface area contributed by atoms with Gasteiger partial charge in [0.1, 0.15) is 0 Å². The van der Waals surface area contributed by atoms with Crippen LogP contribution in [0, 0.1) is 0 Å². The second-order valence-electron chi connectivity index (χ2n) is 3.04. The van der Waals surface area contributed by atoms with Crippen LogP contribution in [0.2, 0.25) is 0 Å². The molecule has 0 radical (unpaired) electrons. The van der Waals surface area contributed by atoms with E-state index in [1.807, 2.05) is 0 Å². The van der Waals surface area contributed by atoms with E-state index in [1.165, 1.54) is 19.2 Å². The molecule has 0 bridgehead atoms. The molecule has 1 aromatic rings. The predicted octanol–water partition coefficient (Wildman–Crippen LogP) is -0.0530. The van der Waals surface area contributed by atoms with Crippen molar-refractivity contribution < 1.29 is 23.6 Å². The summed E-state index contributed by atoms with van der Waals surface area (Å²) < 4.78 is 9.38. The molecule has 0 aliphatic carbocycles. The molecule has 0 unspecified atom stereocenters. The Kier molecular flexibility index (Phi) is 5.18. The maximum atomic E-state index is 11.4. The van der Waals surface area contributed by atoms with Gasteiger partial charge in [0.05, 0.1) is 7.11 Å². The van der Waals surface area contributed by atoms with Crippen molar-refractivity contribution >= 4 is 11.9 Å². The lowest BCUT2D eigenvalue weighted by Gasteiger charge is -2.02. The van der Waals surface area contributed by atoms with Crippen LogP contribution < -0.4 is 10.8 Å². The summed E-state index contributed by atoms with van der Waals surface area (Å²) in [6.07, 6.45) is 0. The molecular weight excluding hydrogens is 228 g/mol. The minimum atomic E-state index is -0.698. The Morgan fingerprint density at radius 3 is 2.47 bits per heavy atom. The van der Waals surface area contributed by atoms with Gasteiger partial charge in [-0.1, -0.05) is 0 Å². The lowest BCUT2D eigenvalue weighted by atomic mass is 10.4. The van der Waals surface area contributed by atoms with Crippen molar-refractivity contribution in [2.45, 2.75) is 0 Å². The Bertz CT molecular complexity index is 388. The molecular formula is C10H14N2O5. The summed E-state index contributed by atoms with van der Waals surface area (Å²) in [6.45, 7) is 1.12. The number of carbonyl (C=O) groups is 2. The van der Waals surface area contributed by atoms with Crippen LogP contribution in [0.5, 0.6) is 0 Å². The molecule has 1 rings (SSSR count). The molecule has 2 N–H and O–H groups in total. The zero-order chi connectivity index (χ0) is 12.7. The van der Waals surface area contributed by atoms with Crippen molar-refractivity contribution in [2.75, 3.05) is 27.2 Å². The molecule has 7 heteroatoms. The quantitative estimate of drug-likeness (QED) is 0.410. The fraction of sp³-hybridized carbons (Fsp3) is 0.400. The summed E-state index contributed by atoms with van der Waals surface area (Å²) in [7, 11) is 3.00. The van der Waals surface area contributed by atoms with E-state index in [9.17, 15) is 9.59 Å². The zero-order valence-electron chi connectivity index (χ0n) is 9.61. The monoisotopic (exact) mass is 242 g/mol.